The van der Waals surface area contributed by atoms with Gasteiger partial charge in [-0.25, -0.2) is 0 Å². The number of amides is 1. The molecule has 2 rings (SSSR count). The van der Waals surface area contributed by atoms with Gasteiger partial charge in [-0.05, 0) is 30.5 Å². The fourth-order valence-electron chi connectivity index (χ4n) is 1.70. The molecule has 0 unspecified atom stereocenters. The van der Waals surface area contributed by atoms with Crippen LogP contribution in [0.1, 0.15) is 15.2 Å². The smallest absolute Gasteiger partial charge is 0.255 e. The summed E-state index contributed by atoms with van der Waals surface area (Å²) in [6.45, 7) is 0. The Labute approximate surface area is 131 Å². The Hall–Kier alpha value is -1.99. The summed E-state index contributed by atoms with van der Waals surface area (Å²) >= 11 is 2.89. The number of amidine groups is 1. The number of methoxy groups -OCH3 is 1. The average Bonchev–Trinajstić information content (AvgIpc) is 2.90. The molecule has 0 spiro atoms. The molecule has 1 aromatic carbocycles. The molecule has 0 saturated carbocycles. The Balaban J connectivity index is 2.24. The molecule has 1 amide bonds. The first-order chi connectivity index (χ1) is 10.0. The van der Waals surface area contributed by atoms with Gasteiger partial charge in [0.05, 0.1) is 21.9 Å². The van der Waals surface area contributed by atoms with E-state index in [4.69, 9.17) is 15.9 Å². The predicted octanol–water partition coefficient (Wildman–Crippen LogP) is 3.01. The Bertz CT molecular complexity index is 683. The highest BCUT2D eigenvalue weighted by Gasteiger charge is 2.14. The summed E-state index contributed by atoms with van der Waals surface area (Å²) in [5.41, 5.74) is 6.67. The van der Waals surface area contributed by atoms with Crippen LogP contribution in [0.4, 0.5) is 5.69 Å². The van der Waals surface area contributed by atoms with E-state index in [0.29, 0.717) is 21.9 Å². The summed E-state index contributed by atoms with van der Waals surface area (Å²) in [6.07, 6.45) is 1.91. The van der Waals surface area contributed by atoms with Crippen molar-refractivity contribution in [1.29, 1.82) is 5.41 Å². The molecule has 5 nitrogen and oxygen atoms in total. The van der Waals surface area contributed by atoms with E-state index < -0.39 is 0 Å². The van der Waals surface area contributed by atoms with Crippen LogP contribution in [0.5, 0.6) is 5.75 Å². The van der Waals surface area contributed by atoms with Gasteiger partial charge >= 0.3 is 0 Å². The van der Waals surface area contributed by atoms with Crippen LogP contribution in [-0.2, 0) is 0 Å². The lowest BCUT2D eigenvalue weighted by molar-refractivity contribution is 0.102. The minimum atomic E-state index is -0.225. The lowest BCUT2D eigenvalue weighted by Gasteiger charge is -2.06. The Morgan fingerprint density at radius 2 is 2.19 bits per heavy atom. The van der Waals surface area contributed by atoms with Gasteiger partial charge in [0, 0.05) is 5.56 Å². The second-order valence-electron chi connectivity index (χ2n) is 4.12. The zero-order valence-electron chi connectivity index (χ0n) is 11.6. The second-order valence-corrected chi connectivity index (χ2v) is 6.24. The Kier molecular flexibility index (Phi) is 4.87. The number of carbonyl (C=O) groups is 1. The highest BCUT2D eigenvalue weighted by Crippen LogP contribution is 2.35. The van der Waals surface area contributed by atoms with Gasteiger partial charge < -0.3 is 15.8 Å². The second kappa shape index (κ2) is 6.64. The van der Waals surface area contributed by atoms with Crippen molar-refractivity contribution >= 4 is 40.5 Å². The zero-order valence-corrected chi connectivity index (χ0v) is 13.2. The number of nitrogens with two attached hydrogens (primary N) is 1. The van der Waals surface area contributed by atoms with Crippen LogP contribution in [-0.4, -0.2) is 25.1 Å². The van der Waals surface area contributed by atoms with E-state index in [9.17, 15) is 4.79 Å². The normalized spacial score (nSPS) is 10.2. The van der Waals surface area contributed by atoms with Crippen molar-refractivity contribution in [3.63, 3.8) is 0 Å². The summed E-state index contributed by atoms with van der Waals surface area (Å²) < 4.78 is 6.02. The standard InChI is InChI=1S/C14H15N3O2S2/c1-19-9-5-3-4-8(6-9)13(18)17-10-7-11(12(15)16)21-14(10)20-2/h3-7H,1-2H3,(H3,15,16)(H,17,18). The molecule has 0 aliphatic heterocycles. The van der Waals surface area contributed by atoms with Gasteiger partial charge in [0.25, 0.3) is 5.91 Å². The summed E-state index contributed by atoms with van der Waals surface area (Å²) in [5.74, 6) is 0.400. The van der Waals surface area contributed by atoms with Gasteiger partial charge in [-0.2, -0.15) is 0 Å². The molecule has 2 aromatic rings. The summed E-state index contributed by atoms with van der Waals surface area (Å²) in [6, 6.07) is 8.65. The number of thioether (sulfide) groups is 1. The number of rotatable bonds is 5. The van der Waals surface area contributed by atoms with Crippen molar-refractivity contribution in [1.82, 2.24) is 0 Å². The van der Waals surface area contributed by atoms with Crippen LogP contribution in [0.2, 0.25) is 0 Å². The molecule has 0 atom stereocenters. The molecule has 0 aliphatic rings. The molecule has 0 bridgehead atoms. The number of carbonyl (C=O) groups excluding carboxylic acids is 1. The molecule has 7 heteroatoms. The molecule has 0 saturated heterocycles. The number of hydrogen-bond donors (Lipinski definition) is 3. The minimum Gasteiger partial charge on any atom is -0.497 e. The van der Waals surface area contributed by atoms with Crippen LogP contribution in [0.3, 0.4) is 0 Å². The van der Waals surface area contributed by atoms with Crippen molar-refractivity contribution < 1.29 is 9.53 Å². The summed E-state index contributed by atoms with van der Waals surface area (Å²) in [5, 5.41) is 10.3. The van der Waals surface area contributed by atoms with Crippen molar-refractivity contribution in [2.45, 2.75) is 4.21 Å². The largest absolute Gasteiger partial charge is 0.497 e. The number of nitrogens with one attached hydrogen (secondary N) is 2. The minimum absolute atomic E-state index is 0.00261. The molecule has 21 heavy (non-hydrogen) atoms. The molecule has 110 valence electrons. The van der Waals surface area contributed by atoms with Gasteiger partial charge in [-0.15, -0.1) is 23.1 Å². The predicted molar refractivity (Wildman–Crippen MR) is 88.1 cm³/mol. The number of anilines is 1. The average molecular weight is 321 g/mol. The zero-order chi connectivity index (χ0) is 15.4. The first-order valence-electron chi connectivity index (χ1n) is 6.02. The summed E-state index contributed by atoms with van der Waals surface area (Å²) in [7, 11) is 1.56. The number of thiophene rings is 1. The van der Waals surface area contributed by atoms with Crippen molar-refractivity contribution in [3.05, 3.63) is 40.8 Å². The van der Waals surface area contributed by atoms with Crippen LogP contribution < -0.4 is 15.8 Å². The maximum absolute atomic E-state index is 12.3. The van der Waals surface area contributed by atoms with E-state index in [1.54, 1.807) is 37.4 Å². The fraction of sp³-hybridized carbons (Fsp3) is 0.143. The van der Waals surface area contributed by atoms with Gasteiger partial charge in [0.1, 0.15) is 11.6 Å². The summed E-state index contributed by atoms with van der Waals surface area (Å²) in [4.78, 5) is 12.9. The Morgan fingerprint density at radius 3 is 2.81 bits per heavy atom. The highest BCUT2D eigenvalue weighted by atomic mass is 32.2. The third kappa shape index (κ3) is 3.56. The van der Waals surface area contributed by atoms with Crippen molar-refractivity contribution in [2.75, 3.05) is 18.7 Å². The van der Waals surface area contributed by atoms with Crippen molar-refractivity contribution in [3.8, 4) is 5.75 Å². The van der Waals surface area contributed by atoms with Crippen LogP contribution >= 0.6 is 23.1 Å². The van der Waals surface area contributed by atoms with Crippen LogP contribution in [0.25, 0.3) is 0 Å². The molecule has 1 heterocycles. The first-order valence-corrected chi connectivity index (χ1v) is 8.07. The van der Waals surface area contributed by atoms with E-state index in [1.807, 2.05) is 6.26 Å². The number of ether oxygens (including phenoxy) is 1. The monoisotopic (exact) mass is 321 g/mol. The van der Waals surface area contributed by atoms with Crippen molar-refractivity contribution in [2.24, 2.45) is 5.73 Å². The van der Waals surface area contributed by atoms with Gasteiger partial charge in [0.2, 0.25) is 0 Å². The van der Waals surface area contributed by atoms with E-state index >= 15 is 0 Å². The van der Waals surface area contributed by atoms with E-state index in [0.717, 1.165) is 4.21 Å². The maximum atomic E-state index is 12.3. The third-order valence-corrected chi connectivity index (χ3v) is 5.03. The third-order valence-electron chi connectivity index (χ3n) is 2.73. The molecular weight excluding hydrogens is 306 g/mol. The maximum Gasteiger partial charge on any atom is 0.255 e. The van der Waals surface area contributed by atoms with Gasteiger partial charge in [-0.1, -0.05) is 6.07 Å². The van der Waals surface area contributed by atoms with E-state index in [1.165, 1.54) is 23.1 Å². The van der Waals surface area contributed by atoms with Crippen LogP contribution in [0, 0.1) is 5.41 Å². The lowest BCUT2D eigenvalue weighted by Crippen LogP contribution is -2.12. The Morgan fingerprint density at radius 1 is 1.43 bits per heavy atom. The molecule has 1 aromatic heterocycles. The molecular formula is C14H15N3O2S2. The van der Waals surface area contributed by atoms with E-state index in [-0.39, 0.29) is 11.7 Å². The number of nitrogen functional groups attached to an aromatic ring is 1. The van der Waals surface area contributed by atoms with Gasteiger partial charge in [-0.3, -0.25) is 10.2 Å². The topological polar surface area (TPSA) is 88.2 Å². The number of hydrogen-bond acceptors (Lipinski definition) is 5. The number of benzene rings is 1. The molecule has 0 radical (unpaired) electrons. The molecule has 0 aliphatic carbocycles. The SMILES string of the molecule is COc1cccc(C(=O)Nc2cc(C(=N)N)sc2SC)c1. The first kappa shape index (κ1) is 15.4. The lowest BCUT2D eigenvalue weighted by atomic mass is 10.2. The van der Waals surface area contributed by atoms with Crippen LogP contribution in [0.15, 0.2) is 34.5 Å². The fourth-order valence-corrected chi connectivity index (χ4v) is 3.34. The quantitative estimate of drug-likeness (QED) is 0.449. The van der Waals surface area contributed by atoms with Gasteiger partial charge in [0.15, 0.2) is 0 Å². The molecule has 4 N–H and O–H groups in total. The highest BCUT2D eigenvalue weighted by molar-refractivity contribution is 8.00. The van der Waals surface area contributed by atoms with E-state index in [2.05, 4.69) is 5.32 Å². The molecule has 0 fully saturated rings.